The lowest BCUT2D eigenvalue weighted by Crippen LogP contribution is -2.89. The smallest absolute Gasteiger partial charge is 0.161 e. The number of hydrogen-bond acceptors (Lipinski definition) is 4. The largest absolute Gasteiger partial charge is 0.463 e. The average molecular weight is 261 g/mol. The summed E-state index contributed by atoms with van der Waals surface area (Å²) < 4.78 is 11.0. The van der Waals surface area contributed by atoms with Gasteiger partial charge in [-0.15, -0.1) is 0 Å². The predicted octanol–water partition coefficient (Wildman–Crippen LogP) is 2.09. The van der Waals surface area contributed by atoms with Crippen molar-refractivity contribution in [3.05, 3.63) is 48.3 Å². The third-order valence-corrected chi connectivity index (χ3v) is 3.84. The van der Waals surface area contributed by atoms with E-state index in [-0.39, 0.29) is 18.0 Å². The molecular formula is C14H17N2O3+. The maximum absolute atomic E-state index is 9.20. The summed E-state index contributed by atoms with van der Waals surface area (Å²) >= 11 is 0. The monoisotopic (exact) mass is 261 g/mol. The number of oxime groups is 1. The number of quaternary nitrogens is 1. The van der Waals surface area contributed by atoms with Gasteiger partial charge >= 0.3 is 0 Å². The molecule has 100 valence electrons. The summed E-state index contributed by atoms with van der Waals surface area (Å²) in [7, 11) is 0. The summed E-state index contributed by atoms with van der Waals surface area (Å²) in [6, 6.07) is 7.88. The predicted molar refractivity (Wildman–Crippen MR) is 67.8 cm³/mol. The van der Waals surface area contributed by atoms with Gasteiger partial charge in [0.05, 0.1) is 24.2 Å². The molecule has 0 amide bonds. The quantitative estimate of drug-likeness (QED) is 0.642. The van der Waals surface area contributed by atoms with E-state index in [1.54, 1.807) is 12.5 Å². The van der Waals surface area contributed by atoms with Gasteiger partial charge in [0.25, 0.3) is 0 Å². The number of hydrogen-bond donors (Lipinski definition) is 2. The highest BCUT2D eigenvalue weighted by Gasteiger charge is 2.40. The second-order valence-corrected chi connectivity index (χ2v) is 4.94. The zero-order chi connectivity index (χ0) is 13.2. The molecule has 3 heterocycles. The summed E-state index contributed by atoms with van der Waals surface area (Å²) in [6.07, 6.45) is 4.02. The minimum absolute atomic E-state index is 0.102. The molecule has 1 fully saturated rings. The third kappa shape index (κ3) is 2.17. The molecule has 3 N–H and O–H groups in total. The van der Waals surface area contributed by atoms with Crippen LogP contribution in [0.25, 0.3) is 0 Å². The first-order valence-electron chi connectivity index (χ1n) is 6.42. The number of piperidine rings is 1. The summed E-state index contributed by atoms with van der Waals surface area (Å²) in [4.78, 5) is 0. The minimum Gasteiger partial charge on any atom is -0.463 e. The normalized spacial score (nSPS) is 29.7. The van der Waals surface area contributed by atoms with Crippen molar-refractivity contribution in [1.29, 1.82) is 0 Å². The van der Waals surface area contributed by atoms with E-state index in [2.05, 4.69) is 17.4 Å². The highest BCUT2D eigenvalue weighted by atomic mass is 16.4. The highest BCUT2D eigenvalue weighted by Crippen LogP contribution is 2.29. The zero-order valence-electron chi connectivity index (χ0n) is 10.7. The van der Waals surface area contributed by atoms with Crippen LogP contribution in [-0.4, -0.2) is 10.9 Å². The summed E-state index contributed by atoms with van der Waals surface area (Å²) in [6.45, 7) is 2.05. The maximum atomic E-state index is 9.20. The van der Waals surface area contributed by atoms with Crippen molar-refractivity contribution in [3.63, 3.8) is 0 Å². The Morgan fingerprint density at radius 3 is 2.47 bits per heavy atom. The van der Waals surface area contributed by atoms with E-state index in [9.17, 15) is 5.21 Å². The van der Waals surface area contributed by atoms with Gasteiger partial charge in [-0.25, -0.2) is 0 Å². The van der Waals surface area contributed by atoms with E-state index in [0.717, 1.165) is 17.2 Å². The molecule has 3 rings (SSSR count). The van der Waals surface area contributed by atoms with E-state index in [0.29, 0.717) is 6.42 Å². The first-order chi connectivity index (χ1) is 9.29. The van der Waals surface area contributed by atoms with E-state index in [1.165, 1.54) is 0 Å². The van der Waals surface area contributed by atoms with Crippen LogP contribution in [0.4, 0.5) is 0 Å². The topological polar surface area (TPSA) is 75.5 Å². The molecule has 0 unspecified atom stereocenters. The lowest BCUT2D eigenvalue weighted by molar-refractivity contribution is -0.745. The number of furan rings is 2. The number of nitrogens with zero attached hydrogens (tertiary/aromatic N) is 1. The summed E-state index contributed by atoms with van der Waals surface area (Å²) in [5.41, 5.74) is 0.783. The third-order valence-electron chi connectivity index (χ3n) is 3.84. The fraction of sp³-hybridized carbons (Fsp3) is 0.357. The van der Waals surface area contributed by atoms with E-state index >= 15 is 0 Å². The SMILES string of the molecule is C[C@H]1/C(=N\O)C[C@@H](c2ccco2)[NH2+][C@H]1c1ccco1. The zero-order valence-corrected chi connectivity index (χ0v) is 10.7. The molecule has 1 saturated heterocycles. The van der Waals surface area contributed by atoms with Crippen molar-refractivity contribution in [3.8, 4) is 0 Å². The molecule has 0 saturated carbocycles. The van der Waals surface area contributed by atoms with Crippen LogP contribution in [-0.2, 0) is 0 Å². The highest BCUT2D eigenvalue weighted by molar-refractivity contribution is 5.87. The van der Waals surface area contributed by atoms with E-state index in [1.807, 2.05) is 24.3 Å². The Labute approximate surface area is 110 Å². The Balaban J connectivity index is 1.91. The van der Waals surface area contributed by atoms with Crippen LogP contribution < -0.4 is 5.32 Å². The Morgan fingerprint density at radius 2 is 1.89 bits per heavy atom. The lowest BCUT2D eigenvalue weighted by Gasteiger charge is -2.30. The molecule has 0 spiro atoms. The van der Waals surface area contributed by atoms with Gasteiger partial charge in [-0.2, -0.15) is 0 Å². The fourth-order valence-electron chi connectivity index (χ4n) is 2.76. The Bertz CT molecular complexity index is 545. The molecule has 0 bridgehead atoms. The summed E-state index contributed by atoms with van der Waals surface area (Å²) in [5, 5.41) is 14.9. The molecule has 1 aliphatic rings. The lowest BCUT2D eigenvalue weighted by atomic mass is 9.85. The first kappa shape index (κ1) is 12.0. The molecule has 0 aromatic carbocycles. The summed E-state index contributed by atoms with van der Waals surface area (Å²) in [5.74, 6) is 1.91. The molecule has 2 aromatic heterocycles. The van der Waals surface area contributed by atoms with Crippen molar-refractivity contribution in [2.45, 2.75) is 25.4 Å². The van der Waals surface area contributed by atoms with Crippen LogP contribution in [0.1, 0.15) is 36.9 Å². The second kappa shape index (κ2) is 4.93. The van der Waals surface area contributed by atoms with E-state index in [4.69, 9.17) is 8.83 Å². The Kier molecular flexibility index (Phi) is 3.13. The molecule has 5 nitrogen and oxygen atoms in total. The molecule has 3 atom stereocenters. The van der Waals surface area contributed by atoms with Crippen LogP contribution in [0, 0.1) is 5.92 Å². The van der Waals surface area contributed by atoms with Crippen LogP contribution >= 0.6 is 0 Å². The molecule has 2 aromatic rings. The van der Waals surface area contributed by atoms with Gasteiger partial charge in [0.1, 0.15) is 0 Å². The van der Waals surface area contributed by atoms with Crippen molar-refractivity contribution in [2.75, 3.05) is 0 Å². The Morgan fingerprint density at radius 1 is 1.21 bits per heavy atom. The standard InChI is InChI=1S/C14H16N2O3/c1-9-10(16-17)8-11(12-4-2-6-18-12)15-14(9)13-5-3-7-19-13/h2-7,9,11,14-15,17H,8H2,1H3/p+1/b16-10-/t9-,11-,14+/m0/s1. The van der Waals surface area contributed by atoms with Gasteiger partial charge < -0.3 is 19.4 Å². The second-order valence-electron chi connectivity index (χ2n) is 4.94. The van der Waals surface area contributed by atoms with Crippen LogP contribution in [0.2, 0.25) is 0 Å². The molecular weight excluding hydrogens is 244 g/mol. The molecule has 5 heteroatoms. The van der Waals surface area contributed by atoms with E-state index < -0.39 is 0 Å². The van der Waals surface area contributed by atoms with Gasteiger partial charge in [0, 0.05) is 6.42 Å². The van der Waals surface area contributed by atoms with Gasteiger partial charge in [0.15, 0.2) is 23.6 Å². The van der Waals surface area contributed by atoms with Crippen molar-refractivity contribution in [2.24, 2.45) is 11.1 Å². The van der Waals surface area contributed by atoms with Gasteiger partial charge in [-0.3, -0.25) is 0 Å². The minimum atomic E-state index is 0.102. The molecule has 0 radical (unpaired) electrons. The maximum Gasteiger partial charge on any atom is 0.161 e. The van der Waals surface area contributed by atoms with Crippen LogP contribution in [0.15, 0.2) is 50.8 Å². The van der Waals surface area contributed by atoms with Gasteiger partial charge in [-0.05, 0) is 24.3 Å². The number of rotatable bonds is 2. The van der Waals surface area contributed by atoms with Crippen LogP contribution in [0.5, 0.6) is 0 Å². The Hall–Kier alpha value is -2.01. The number of nitrogens with two attached hydrogens (primary N) is 1. The van der Waals surface area contributed by atoms with Crippen LogP contribution in [0.3, 0.4) is 0 Å². The molecule has 0 aliphatic carbocycles. The fourth-order valence-corrected chi connectivity index (χ4v) is 2.76. The molecule has 1 aliphatic heterocycles. The van der Waals surface area contributed by atoms with Crippen molar-refractivity contribution < 1.29 is 19.4 Å². The van der Waals surface area contributed by atoms with Crippen molar-refractivity contribution >= 4 is 5.71 Å². The first-order valence-corrected chi connectivity index (χ1v) is 6.42. The van der Waals surface area contributed by atoms with Crippen molar-refractivity contribution in [1.82, 2.24) is 0 Å². The van der Waals surface area contributed by atoms with Gasteiger partial charge in [0.2, 0.25) is 0 Å². The average Bonchev–Trinajstić information content (AvgIpc) is 3.12. The van der Waals surface area contributed by atoms with Gasteiger partial charge in [-0.1, -0.05) is 12.1 Å². The molecule has 19 heavy (non-hydrogen) atoms.